The third-order valence-electron chi connectivity index (χ3n) is 12.2. The van der Waals surface area contributed by atoms with Gasteiger partial charge in [-0.3, -0.25) is 0 Å². The van der Waals surface area contributed by atoms with E-state index in [1.54, 1.807) is 97.1 Å². The third kappa shape index (κ3) is 11.4. The van der Waals surface area contributed by atoms with Crippen LogP contribution in [0, 0.1) is 23.5 Å². The van der Waals surface area contributed by atoms with Crippen molar-refractivity contribution in [3.63, 3.8) is 0 Å². The summed E-state index contributed by atoms with van der Waals surface area (Å²) >= 11 is 0. The molecule has 0 saturated carbocycles. The van der Waals surface area contributed by atoms with Crippen LogP contribution in [0.15, 0.2) is 146 Å². The van der Waals surface area contributed by atoms with Crippen LogP contribution in [-0.4, -0.2) is 25.4 Å². The van der Waals surface area contributed by atoms with Gasteiger partial charge in [-0.05, 0) is 120 Å². The average Bonchev–Trinajstić information content (AvgIpc) is 3.25. The second-order valence-corrected chi connectivity index (χ2v) is 16.6. The molecule has 0 N–H and O–H groups in total. The van der Waals surface area contributed by atoms with Crippen LogP contribution in [0.1, 0.15) is 63.8 Å². The Bertz CT molecular complexity index is 2190. The van der Waals surface area contributed by atoms with E-state index in [1.807, 2.05) is 53.7 Å². The number of hydrogen-bond donors (Lipinski definition) is 0. The maximum Gasteiger partial charge on any atom is 0.387 e. The number of benzene rings is 6. The molecule has 4 atom stereocenters. The van der Waals surface area contributed by atoms with E-state index in [0.717, 1.165) is 11.1 Å². The minimum absolute atomic E-state index is 0.00655. The Morgan fingerprint density at radius 3 is 1.11 bits per heavy atom. The van der Waals surface area contributed by atoms with Gasteiger partial charge in [0, 0.05) is 10.8 Å². The number of hydrogen-bond acceptors (Lipinski definition) is 5. The number of ether oxygens (including phenoxy) is 5. The molecule has 0 fully saturated rings. The van der Waals surface area contributed by atoms with Crippen LogP contribution in [0.5, 0.6) is 34.5 Å². The predicted molar refractivity (Wildman–Crippen MR) is 232 cm³/mol. The van der Waals surface area contributed by atoms with Crippen molar-refractivity contribution in [1.82, 2.24) is 0 Å². The molecule has 0 bridgehead atoms. The Kier molecular flexibility index (Phi) is 15.1. The molecule has 0 aromatic heterocycles. The van der Waals surface area contributed by atoms with Crippen molar-refractivity contribution >= 4 is 0 Å². The van der Waals surface area contributed by atoms with Gasteiger partial charge in [0.2, 0.25) is 0 Å². The lowest BCUT2D eigenvalue weighted by Crippen LogP contribution is -2.52. The van der Waals surface area contributed by atoms with Gasteiger partial charge in [0.25, 0.3) is 0 Å². The molecule has 6 aromatic rings. The van der Waals surface area contributed by atoms with Crippen LogP contribution in [-0.2, 0) is 28.4 Å². The summed E-state index contributed by atoms with van der Waals surface area (Å²) in [5.41, 5.74) is 1.21. The maximum atomic E-state index is 15.4. The largest absolute Gasteiger partial charge is 0.454 e. The van der Waals surface area contributed by atoms with E-state index in [0.29, 0.717) is 22.6 Å². The molecule has 4 unspecified atom stereocenters. The van der Waals surface area contributed by atoms with Crippen molar-refractivity contribution in [3.05, 3.63) is 179 Å². The van der Waals surface area contributed by atoms with Crippen molar-refractivity contribution in [2.24, 2.45) is 11.8 Å². The van der Waals surface area contributed by atoms with Gasteiger partial charge in [-0.25, -0.2) is 8.78 Å². The summed E-state index contributed by atoms with van der Waals surface area (Å²) in [5.74, 6) is -0.476. The number of rotatable bonds is 20. The monoisotopic (exact) mass is 870 g/mol. The number of alkyl halides is 4. The predicted octanol–water partition coefficient (Wildman–Crippen LogP) is 14.5. The van der Waals surface area contributed by atoms with Gasteiger partial charge >= 0.3 is 13.2 Å². The van der Waals surface area contributed by atoms with Crippen LogP contribution in [0.4, 0.5) is 26.3 Å². The standard InChI is InChI=1S/C52H52F6O5/c1-33(2)51(5,37-19-23-41(24-20-37)61-49(55)56)47(31-35-17-27-43(53)45(29-35)59-39-13-9-7-10-14-39)63-48(52(6,34(3)4)38-21-25-42(26-22-38)62-50(57)58)32-36-18-28-44(54)46(30-36)60-40-15-11-8-12-16-40/h7-30,33-34,47-50H,31-32H2,1-6H3. The fraction of sp³-hybridized carbons (Fsp3) is 0.308. The van der Waals surface area contributed by atoms with Gasteiger partial charge in [0.1, 0.15) is 23.0 Å². The number of halogens is 6. The van der Waals surface area contributed by atoms with E-state index in [4.69, 9.17) is 23.7 Å². The average molecular weight is 871 g/mol. The Balaban J connectivity index is 1.50. The van der Waals surface area contributed by atoms with Gasteiger partial charge in [0.05, 0.1) is 12.2 Å². The minimum Gasteiger partial charge on any atom is -0.454 e. The highest BCUT2D eigenvalue weighted by Crippen LogP contribution is 2.46. The summed E-state index contributed by atoms with van der Waals surface area (Å²) in [6.45, 7) is 6.23. The van der Waals surface area contributed by atoms with E-state index >= 15 is 8.78 Å². The molecule has 0 aliphatic carbocycles. The first-order chi connectivity index (χ1) is 30.1. The molecule has 5 nitrogen and oxygen atoms in total. The summed E-state index contributed by atoms with van der Waals surface area (Å²) in [5, 5.41) is 0. The summed E-state index contributed by atoms with van der Waals surface area (Å²) in [6.07, 6.45) is -0.959. The first-order valence-electron chi connectivity index (χ1n) is 20.8. The Morgan fingerprint density at radius 1 is 0.444 bits per heavy atom. The molecular formula is C52H52F6O5. The molecule has 63 heavy (non-hydrogen) atoms. The van der Waals surface area contributed by atoms with E-state index in [9.17, 15) is 17.6 Å². The first-order valence-corrected chi connectivity index (χ1v) is 20.8. The summed E-state index contributed by atoms with van der Waals surface area (Å²) in [4.78, 5) is 0. The lowest BCUT2D eigenvalue weighted by atomic mass is 9.65. The number of para-hydroxylation sites is 2. The van der Waals surface area contributed by atoms with E-state index in [2.05, 4.69) is 0 Å². The maximum absolute atomic E-state index is 15.4. The van der Waals surface area contributed by atoms with Gasteiger partial charge in [-0.15, -0.1) is 0 Å². The van der Waals surface area contributed by atoms with Crippen molar-refractivity contribution < 1.29 is 50.0 Å². The van der Waals surface area contributed by atoms with Crippen LogP contribution in [0.25, 0.3) is 0 Å². The van der Waals surface area contributed by atoms with Gasteiger partial charge < -0.3 is 23.7 Å². The zero-order valence-corrected chi connectivity index (χ0v) is 36.0. The Labute approximate surface area is 365 Å². The second kappa shape index (κ2) is 20.5. The van der Waals surface area contributed by atoms with E-state index < -0.39 is 47.9 Å². The van der Waals surface area contributed by atoms with Crippen molar-refractivity contribution in [3.8, 4) is 34.5 Å². The zero-order valence-electron chi connectivity index (χ0n) is 36.0. The van der Waals surface area contributed by atoms with Crippen LogP contribution in [0.2, 0.25) is 0 Å². The highest BCUT2D eigenvalue weighted by molar-refractivity contribution is 5.40. The normalized spacial score (nSPS) is 14.6. The smallest absolute Gasteiger partial charge is 0.387 e. The minimum atomic E-state index is -3.01. The van der Waals surface area contributed by atoms with Gasteiger partial charge in [-0.2, -0.15) is 17.6 Å². The van der Waals surface area contributed by atoms with Crippen LogP contribution >= 0.6 is 0 Å². The molecule has 0 spiro atoms. The summed E-state index contributed by atoms with van der Waals surface area (Å²) < 4.78 is 113. The molecule has 332 valence electrons. The topological polar surface area (TPSA) is 46.2 Å². The highest BCUT2D eigenvalue weighted by Gasteiger charge is 2.46. The van der Waals surface area contributed by atoms with Gasteiger partial charge in [0.15, 0.2) is 23.1 Å². The fourth-order valence-corrected chi connectivity index (χ4v) is 7.94. The SMILES string of the molecule is CC(C)C(C)(c1ccc(OC(F)F)cc1)C(Cc1ccc(F)c(Oc2ccccc2)c1)OC(Cc1ccc(F)c(Oc2ccccc2)c1)C(C)(c1ccc(OC(F)F)cc1)C(C)C. The molecular weight excluding hydrogens is 819 g/mol. The van der Waals surface area contributed by atoms with E-state index in [-0.39, 0.29) is 47.7 Å². The molecule has 0 heterocycles. The van der Waals surface area contributed by atoms with E-state index in [1.165, 1.54) is 36.4 Å². The van der Waals surface area contributed by atoms with Crippen LogP contribution < -0.4 is 18.9 Å². The molecule has 0 aliphatic rings. The third-order valence-corrected chi connectivity index (χ3v) is 12.2. The molecule has 11 heteroatoms. The fourth-order valence-electron chi connectivity index (χ4n) is 7.94. The second-order valence-electron chi connectivity index (χ2n) is 16.6. The van der Waals surface area contributed by atoms with Crippen molar-refractivity contribution in [2.75, 3.05) is 0 Å². The molecule has 0 radical (unpaired) electrons. The molecule has 6 aromatic carbocycles. The lowest BCUT2D eigenvalue weighted by Gasteiger charge is -2.48. The lowest BCUT2D eigenvalue weighted by molar-refractivity contribution is -0.100. The van der Waals surface area contributed by atoms with Gasteiger partial charge in [-0.1, -0.05) is 114 Å². The molecule has 0 amide bonds. The Hall–Kier alpha value is -5.94. The summed E-state index contributed by atoms with van der Waals surface area (Å²) in [6, 6.07) is 40.0. The molecule has 6 rings (SSSR count). The Morgan fingerprint density at radius 2 is 0.794 bits per heavy atom. The quantitative estimate of drug-likeness (QED) is 0.0715. The van der Waals surface area contributed by atoms with Crippen molar-refractivity contribution in [1.29, 1.82) is 0 Å². The summed E-state index contributed by atoms with van der Waals surface area (Å²) in [7, 11) is 0. The highest BCUT2D eigenvalue weighted by atomic mass is 19.3. The van der Waals surface area contributed by atoms with Crippen LogP contribution in [0.3, 0.4) is 0 Å². The molecule has 0 aliphatic heterocycles. The molecule has 0 saturated heterocycles. The van der Waals surface area contributed by atoms with Crippen molar-refractivity contribution in [2.45, 2.75) is 90.6 Å². The first kappa shape index (κ1) is 46.6. The zero-order chi connectivity index (χ0) is 45.3.